The topological polar surface area (TPSA) is 88.5 Å². The molecule has 0 aromatic carbocycles. The molecule has 4 heterocycles. The maximum absolute atomic E-state index is 12.3. The molecule has 4 rings (SSSR count). The van der Waals surface area contributed by atoms with Crippen molar-refractivity contribution in [1.82, 2.24) is 24.6 Å². The third-order valence-electron chi connectivity index (χ3n) is 5.25. The van der Waals surface area contributed by atoms with Crippen LogP contribution in [-0.2, 0) is 16.5 Å². The summed E-state index contributed by atoms with van der Waals surface area (Å²) in [5.41, 5.74) is 3.74. The van der Waals surface area contributed by atoms with Gasteiger partial charge in [-0.05, 0) is 32.9 Å². The van der Waals surface area contributed by atoms with Gasteiger partial charge in [-0.1, -0.05) is 0 Å². The maximum atomic E-state index is 12.3. The van der Waals surface area contributed by atoms with Crippen molar-refractivity contribution in [2.24, 2.45) is 7.05 Å². The van der Waals surface area contributed by atoms with Crippen molar-refractivity contribution in [3.05, 3.63) is 30.7 Å². The second-order valence-corrected chi connectivity index (χ2v) is 8.73. The van der Waals surface area contributed by atoms with E-state index in [4.69, 9.17) is 9.47 Å². The molecular weight excluding hydrogens is 396 g/mol. The molecule has 0 atom stereocenters. The summed E-state index contributed by atoms with van der Waals surface area (Å²) in [6.07, 6.45) is 5.34. The standard InChI is InChI=1S/C22H30N6O3/c1-22(2,3)31-12-11-30-21(29)28-9-7-27(8-10-28)19-5-6-23-20-17(19)13-18(25-20)16-14-24-26(4)15-16/h5-6,13-15H,7-12H2,1-4H3,(H,23,25). The second kappa shape index (κ2) is 8.58. The van der Waals surface area contributed by atoms with Gasteiger partial charge in [0.1, 0.15) is 12.3 Å². The van der Waals surface area contributed by atoms with Crippen LogP contribution in [0.2, 0.25) is 0 Å². The number of nitrogens with one attached hydrogen (secondary N) is 1. The van der Waals surface area contributed by atoms with E-state index < -0.39 is 0 Å². The highest BCUT2D eigenvalue weighted by atomic mass is 16.6. The molecular formula is C22H30N6O3. The highest BCUT2D eigenvalue weighted by Gasteiger charge is 2.24. The number of amides is 1. The minimum absolute atomic E-state index is 0.233. The molecule has 0 aliphatic carbocycles. The average molecular weight is 427 g/mol. The number of anilines is 1. The molecule has 0 radical (unpaired) electrons. The van der Waals surface area contributed by atoms with Gasteiger partial charge in [-0.15, -0.1) is 0 Å². The van der Waals surface area contributed by atoms with Crippen molar-refractivity contribution in [2.45, 2.75) is 26.4 Å². The Morgan fingerprint density at radius 3 is 2.65 bits per heavy atom. The molecule has 1 N–H and O–H groups in total. The second-order valence-electron chi connectivity index (χ2n) is 8.73. The number of H-pyrrole nitrogens is 1. The Bertz CT molecular complexity index is 1040. The number of aromatic nitrogens is 4. The van der Waals surface area contributed by atoms with Gasteiger partial charge in [0.15, 0.2) is 0 Å². The summed E-state index contributed by atoms with van der Waals surface area (Å²) in [5.74, 6) is 0. The smallest absolute Gasteiger partial charge is 0.409 e. The number of carbonyl (C=O) groups is 1. The molecule has 3 aromatic heterocycles. The van der Waals surface area contributed by atoms with Crippen LogP contribution in [0, 0.1) is 0 Å². The van der Waals surface area contributed by atoms with Crippen LogP contribution in [0.4, 0.5) is 10.5 Å². The zero-order valence-electron chi connectivity index (χ0n) is 18.6. The van der Waals surface area contributed by atoms with Gasteiger partial charge in [-0.3, -0.25) is 4.68 Å². The van der Waals surface area contributed by atoms with Gasteiger partial charge in [-0.2, -0.15) is 5.10 Å². The minimum Gasteiger partial charge on any atom is -0.447 e. The van der Waals surface area contributed by atoms with E-state index in [1.807, 2.05) is 52.5 Å². The number of nitrogens with zero attached hydrogens (tertiary/aromatic N) is 5. The fourth-order valence-corrected chi connectivity index (χ4v) is 3.70. The molecule has 0 unspecified atom stereocenters. The van der Waals surface area contributed by atoms with Crippen LogP contribution in [0.5, 0.6) is 0 Å². The van der Waals surface area contributed by atoms with E-state index >= 15 is 0 Å². The van der Waals surface area contributed by atoms with E-state index in [9.17, 15) is 4.79 Å². The predicted molar refractivity (Wildman–Crippen MR) is 119 cm³/mol. The summed E-state index contributed by atoms with van der Waals surface area (Å²) < 4.78 is 12.7. The molecule has 0 bridgehead atoms. The van der Waals surface area contributed by atoms with E-state index in [2.05, 4.69) is 26.0 Å². The van der Waals surface area contributed by atoms with Gasteiger partial charge in [0, 0.05) is 62.3 Å². The summed E-state index contributed by atoms with van der Waals surface area (Å²) >= 11 is 0. The maximum Gasteiger partial charge on any atom is 0.409 e. The first-order chi connectivity index (χ1) is 14.8. The van der Waals surface area contributed by atoms with Crippen LogP contribution in [0.3, 0.4) is 0 Å². The molecule has 1 amide bonds. The van der Waals surface area contributed by atoms with E-state index in [0.29, 0.717) is 19.7 Å². The zero-order chi connectivity index (χ0) is 22.0. The Morgan fingerprint density at radius 1 is 1.19 bits per heavy atom. The summed E-state index contributed by atoms with van der Waals surface area (Å²) in [6.45, 7) is 9.31. The molecule has 1 aliphatic heterocycles. The van der Waals surface area contributed by atoms with Gasteiger partial charge < -0.3 is 24.3 Å². The SMILES string of the molecule is Cn1cc(-c2cc3c(N4CCN(C(=O)OCCOC(C)(C)C)CC4)ccnc3[nH]2)cn1. The number of hydrogen-bond donors (Lipinski definition) is 1. The fraction of sp³-hybridized carbons (Fsp3) is 0.500. The van der Waals surface area contributed by atoms with Crippen LogP contribution in [0.25, 0.3) is 22.3 Å². The number of fused-ring (bicyclic) bond motifs is 1. The molecule has 1 saturated heterocycles. The van der Waals surface area contributed by atoms with Crippen molar-refractivity contribution in [1.29, 1.82) is 0 Å². The van der Waals surface area contributed by atoms with Crippen LogP contribution in [0.15, 0.2) is 30.7 Å². The number of aryl methyl sites for hydroxylation is 1. The quantitative estimate of drug-likeness (QED) is 0.631. The molecule has 31 heavy (non-hydrogen) atoms. The minimum atomic E-state index is -0.280. The summed E-state index contributed by atoms with van der Waals surface area (Å²) in [6, 6.07) is 4.14. The van der Waals surface area contributed by atoms with Gasteiger partial charge in [0.25, 0.3) is 0 Å². The highest BCUT2D eigenvalue weighted by molar-refractivity contribution is 5.93. The Hall–Kier alpha value is -3.07. The molecule has 9 nitrogen and oxygen atoms in total. The highest BCUT2D eigenvalue weighted by Crippen LogP contribution is 2.30. The Kier molecular flexibility index (Phi) is 5.86. The van der Waals surface area contributed by atoms with Crippen LogP contribution in [0.1, 0.15) is 20.8 Å². The molecule has 3 aromatic rings. The third-order valence-corrected chi connectivity index (χ3v) is 5.25. The van der Waals surface area contributed by atoms with Crippen molar-refractivity contribution >= 4 is 22.8 Å². The Labute approximate surface area is 181 Å². The number of carbonyl (C=O) groups excluding carboxylic acids is 1. The Morgan fingerprint density at radius 2 is 1.97 bits per heavy atom. The summed E-state index contributed by atoms with van der Waals surface area (Å²) in [4.78, 5) is 24.3. The molecule has 1 aliphatic rings. The lowest BCUT2D eigenvalue weighted by atomic mass is 10.2. The number of aromatic amines is 1. The third kappa shape index (κ3) is 4.99. The van der Waals surface area contributed by atoms with Gasteiger partial charge in [-0.25, -0.2) is 9.78 Å². The zero-order valence-corrected chi connectivity index (χ0v) is 18.6. The molecule has 166 valence electrons. The molecule has 0 saturated carbocycles. The number of rotatable bonds is 5. The Balaban J connectivity index is 1.37. The number of hydrogen-bond acceptors (Lipinski definition) is 6. The number of piperazine rings is 1. The van der Waals surface area contributed by atoms with Crippen molar-refractivity contribution in [3.8, 4) is 11.3 Å². The molecule has 0 spiro atoms. The van der Waals surface area contributed by atoms with Crippen LogP contribution < -0.4 is 4.90 Å². The lowest BCUT2D eigenvalue weighted by Crippen LogP contribution is -2.49. The van der Waals surface area contributed by atoms with Crippen molar-refractivity contribution in [2.75, 3.05) is 44.3 Å². The lowest BCUT2D eigenvalue weighted by molar-refractivity contribution is -0.0267. The monoisotopic (exact) mass is 426 g/mol. The van der Waals surface area contributed by atoms with E-state index in [0.717, 1.165) is 41.1 Å². The van der Waals surface area contributed by atoms with E-state index in [1.54, 1.807) is 9.58 Å². The van der Waals surface area contributed by atoms with Gasteiger partial charge in [0.2, 0.25) is 0 Å². The van der Waals surface area contributed by atoms with E-state index in [1.165, 1.54) is 0 Å². The van der Waals surface area contributed by atoms with Crippen LogP contribution in [-0.4, -0.2) is 75.7 Å². The first kappa shape index (κ1) is 21.2. The van der Waals surface area contributed by atoms with Crippen LogP contribution >= 0.6 is 0 Å². The lowest BCUT2D eigenvalue weighted by Gasteiger charge is -2.35. The predicted octanol–water partition coefficient (Wildman–Crippen LogP) is 3.04. The summed E-state index contributed by atoms with van der Waals surface area (Å²) in [7, 11) is 1.90. The number of ether oxygens (including phenoxy) is 2. The van der Waals surface area contributed by atoms with Gasteiger partial charge in [0.05, 0.1) is 24.1 Å². The largest absolute Gasteiger partial charge is 0.447 e. The number of pyridine rings is 1. The van der Waals surface area contributed by atoms with Crippen molar-refractivity contribution < 1.29 is 14.3 Å². The average Bonchev–Trinajstić information content (AvgIpc) is 3.36. The molecule has 9 heteroatoms. The molecule has 1 fully saturated rings. The van der Waals surface area contributed by atoms with E-state index in [-0.39, 0.29) is 18.3 Å². The first-order valence-corrected chi connectivity index (χ1v) is 10.6. The fourth-order valence-electron chi connectivity index (χ4n) is 3.70. The first-order valence-electron chi connectivity index (χ1n) is 10.6. The van der Waals surface area contributed by atoms with Crippen molar-refractivity contribution in [3.63, 3.8) is 0 Å². The summed E-state index contributed by atoms with van der Waals surface area (Å²) in [5, 5.41) is 5.31. The van der Waals surface area contributed by atoms with Gasteiger partial charge >= 0.3 is 6.09 Å². The normalized spacial score (nSPS) is 15.0.